The van der Waals surface area contributed by atoms with Gasteiger partial charge in [0.2, 0.25) is 5.95 Å². The average molecular weight is 396 g/mol. The second kappa shape index (κ2) is 6.95. The summed E-state index contributed by atoms with van der Waals surface area (Å²) in [6, 6.07) is 4.53. The molecule has 1 saturated carbocycles. The molecule has 5 rings (SSSR count). The number of nitrogens with one attached hydrogen (secondary N) is 3. The number of nitrogens with zero attached hydrogens (tertiary/aromatic N) is 4. The number of aromatic amines is 1. The van der Waals surface area contributed by atoms with Gasteiger partial charge in [0.25, 0.3) is 5.56 Å². The Morgan fingerprint density at radius 2 is 1.76 bits per heavy atom. The van der Waals surface area contributed by atoms with Crippen molar-refractivity contribution in [3.63, 3.8) is 0 Å². The number of rotatable bonds is 4. The van der Waals surface area contributed by atoms with Crippen LogP contribution >= 0.6 is 0 Å². The number of hydrogen-bond acceptors (Lipinski definition) is 7. The van der Waals surface area contributed by atoms with Crippen molar-refractivity contribution in [1.29, 1.82) is 0 Å². The van der Waals surface area contributed by atoms with Gasteiger partial charge < -0.3 is 9.80 Å². The first-order valence-electron chi connectivity index (χ1n) is 10.6. The molecule has 0 bridgehead atoms. The van der Waals surface area contributed by atoms with Crippen molar-refractivity contribution in [3.8, 4) is 0 Å². The maximum absolute atomic E-state index is 12.7. The van der Waals surface area contributed by atoms with E-state index >= 15 is 0 Å². The van der Waals surface area contributed by atoms with Gasteiger partial charge >= 0.3 is 0 Å². The monoisotopic (exact) mass is 395 g/mol. The third-order valence-electron chi connectivity index (χ3n) is 6.25. The number of piperazine rings is 1. The Bertz CT molecular complexity index is 966. The second-order valence-corrected chi connectivity index (χ2v) is 8.37. The van der Waals surface area contributed by atoms with Gasteiger partial charge in [0.15, 0.2) is 11.5 Å². The van der Waals surface area contributed by atoms with Crippen molar-refractivity contribution in [1.82, 2.24) is 14.9 Å². The van der Waals surface area contributed by atoms with E-state index in [0.717, 1.165) is 44.3 Å². The van der Waals surface area contributed by atoms with E-state index in [0.29, 0.717) is 17.5 Å². The molecule has 0 spiro atoms. The zero-order chi connectivity index (χ0) is 20.1. The predicted molar refractivity (Wildman–Crippen MR) is 117 cm³/mol. The number of benzene rings is 1. The van der Waals surface area contributed by atoms with Gasteiger partial charge in [0.05, 0.1) is 5.69 Å². The van der Waals surface area contributed by atoms with Crippen molar-refractivity contribution >= 4 is 23.1 Å². The molecule has 1 aromatic carbocycles. The number of hydrazine groups is 2. The lowest BCUT2D eigenvalue weighted by molar-refractivity contribution is 0.270. The lowest BCUT2D eigenvalue weighted by Gasteiger charge is -2.34. The highest BCUT2D eigenvalue weighted by Crippen LogP contribution is 2.42. The summed E-state index contributed by atoms with van der Waals surface area (Å²) in [6.45, 7) is 11.2. The van der Waals surface area contributed by atoms with Crippen LogP contribution in [0.15, 0.2) is 16.9 Å². The quantitative estimate of drug-likeness (QED) is 0.734. The molecule has 8 nitrogen and oxygen atoms in total. The molecule has 154 valence electrons. The average Bonchev–Trinajstić information content (AvgIpc) is 3.47. The fourth-order valence-corrected chi connectivity index (χ4v) is 4.42. The molecule has 29 heavy (non-hydrogen) atoms. The van der Waals surface area contributed by atoms with E-state index in [1.54, 1.807) is 0 Å². The van der Waals surface area contributed by atoms with E-state index in [1.807, 2.05) is 5.12 Å². The van der Waals surface area contributed by atoms with E-state index in [2.05, 4.69) is 58.5 Å². The highest BCUT2D eigenvalue weighted by Gasteiger charge is 2.29. The van der Waals surface area contributed by atoms with Crippen molar-refractivity contribution in [2.45, 2.75) is 39.5 Å². The maximum atomic E-state index is 12.7. The van der Waals surface area contributed by atoms with Gasteiger partial charge in [-0.3, -0.25) is 20.6 Å². The van der Waals surface area contributed by atoms with Crippen molar-refractivity contribution in [2.24, 2.45) is 0 Å². The predicted octanol–water partition coefficient (Wildman–Crippen LogP) is 2.58. The molecule has 0 radical (unpaired) electrons. The van der Waals surface area contributed by atoms with Crippen LogP contribution in [0.3, 0.4) is 0 Å². The Morgan fingerprint density at radius 3 is 2.38 bits per heavy atom. The molecule has 1 aromatic heterocycles. The molecular formula is C21H29N7O. The Balaban J connectivity index is 1.40. The molecule has 0 amide bonds. The molecule has 0 unspecified atom stereocenters. The largest absolute Gasteiger partial charge is 0.340 e. The van der Waals surface area contributed by atoms with Crippen LogP contribution in [-0.2, 0) is 0 Å². The number of hydrogen-bond donors (Lipinski definition) is 3. The first kappa shape index (κ1) is 18.3. The molecule has 3 aliphatic rings. The molecule has 8 heteroatoms. The molecule has 1 saturated heterocycles. The number of anilines is 4. The van der Waals surface area contributed by atoms with Crippen molar-refractivity contribution < 1.29 is 0 Å². The van der Waals surface area contributed by atoms with Gasteiger partial charge in [-0.05, 0) is 55.8 Å². The Kier molecular flexibility index (Phi) is 4.38. The SMILES string of the molecule is CCN1CCN(c2nc3c(c(=O)[nH]2)NN(c2c(C)cc(C4CC4)cc2C)N3)CC1. The summed E-state index contributed by atoms with van der Waals surface area (Å²) >= 11 is 0. The maximum Gasteiger partial charge on any atom is 0.279 e. The van der Waals surface area contributed by atoms with Gasteiger partial charge in [-0.25, -0.2) is 0 Å². The van der Waals surface area contributed by atoms with Gasteiger partial charge in [0.1, 0.15) is 0 Å². The summed E-state index contributed by atoms with van der Waals surface area (Å²) < 4.78 is 0. The number of aromatic nitrogens is 2. The van der Waals surface area contributed by atoms with Gasteiger partial charge in [-0.15, -0.1) is 0 Å². The summed E-state index contributed by atoms with van der Waals surface area (Å²) in [5.41, 5.74) is 11.6. The molecule has 2 aliphatic heterocycles. The third-order valence-corrected chi connectivity index (χ3v) is 6.25. The van der Waals surface area contributed by atoms with Crippen LogP contribution in [0.5, 0.6) is 0 Å². The fourth-order valence-electron chi connectivity index (χ4n) is 4.42. The molecule has 3 heterocycles. The smallest absolute Gasteiger partial charge is 0.279 e. The summed E-state index contributed by atoms with van der Waals surface area (Å²) in [6.07, 6.45) is 2.58. The Labute approximate surface area is 170 Å². The van der Waals surface area contributed by atoms with Crippen LogP contribution in [0.2, 0.25) is 0 Å². The van der Waals surface area contributed by atoms with Crippen LogP contribution in [0.25, 0.3) is 0 Å². The molecule has 3 N–H and O–H groups in total. The zero-order valence-electron chi connectivity index (χ0n) is 17.4. The number of H-pyrrole nitrogens is 1. The van der Waals surface area contributed by atoms with E-state index < -0.39 is 0 Å². The molecule has 0 atom stereocenters. The minimum atomic E-state index is -0.150. The van der Waals surface area contributed by atoms with Crippen LogP contribution in [0.1, 0.15) is 42.4 Å². The zero-order valence-corrected chi connectivity index (χ0v) is 17.4. The minimum Gasteiger partial charge on any atom is -0.340 e. The lowest BCUT2D eigenvalue weighted by Crippen LogP contribution is -2.47. The van der Waals surface area contributed by atoms with Gasteiger partial charge in [-0.1, -0.05) is 19.1 Å². The molecule has 2 fully saturated rings. The highest BCUT2D eigenvalue weighted by atomic mass is 16.1. The minimum absolute atomic E-state index is 0.150. The van der Waals surface area contributed by atoms with Crippen LogP contribution in [0, 0.1) is 13.8 Å². The molecule has 2 aromatic rings. The van der Waals surface area contributed by atoms with E-state index in [-0.39, 0.29) is 5.56 Å². The summed E-state index contributed by atoms with van der Waals surface area (Å²) in [5.74, 6) is 1.93. The topological polar surface area (TPSA) is 79.5 Å². The summed E-state index contributed by atoms with van der Waals surface area (Å²) in [4.78, 5) is 25.0. The van der Waals surface area contributed by atoms with Crippen molar-refractivity contribution in [2.75, 3.05) is 53.6 Å². The second-order valence-electron chi connectivity index (χ2n) is 8.37. The van der Waals surface area contributed by atoms with E-state index in [9.17, 15) is 4.79 Å². The van der Waals surface area contributed by atoms with Crippen LogP contribution in [-0.4, -0.2) is 47.6 Å². The van der Waals surface area contributed by atoms with E-state index in [4.69, 9.17) is 4.98 Å². The van der Waals surface area contributed by atoms with E-state index in [1.165, 1.54) is 29.5 Å². The van der Waals surface area contributed by atoms with Gasteiger partial charge in [-0.2, -0.15) is 10.1 Å². The van der Waals surface area contributed by atoms with Crippen LogP contribution < -0.4 is 26.4 Å². The molecular weight excluding hydrogens is 366 g/mol. The first-order valence-corrected chi connectivity index (χ1v) is 10.6. The standard InChI is InChI=1S/C21H29N7O/c1-4-26-7-9-27(10-8-26)21-22-19-17(20(29)23-21)24-28(25-19)18-13(2)11-16(12-14(18)3)15-5-6-15/h11-12,15,24H,4-10H2,1-3H3,(H2,22,23,25,29). The lowest BCUT2D eigenvalue weighted by atomic mass is 10.0. The van der Waals surface area contributed by atoms with Crippen LogP contribution in [0.4, 0.5) is 23.1 Å². The summed E-state index contributed by atoms with van der Waals surface area (Å²) in [7, 11) is 0. The Hall–Kier alpha value is -2.74. The number of likely N-dealkylation sites (N-methyl/N-ethyl adjacent to an activating group) is 1. The third kappa shape index (κ3) is 3.31. The van der Waals surface area contributed by atoms with Crippen molar-refractivity contribution in [3.05, 3.63) is 39.2 Å². The number of aryl methyl sites for hydroxylation is 2. The number of fused-ring (bicyclic) bond motifs is 1. The van der Waals surface area contributed by atoms with Gasteiger partial charge in [0, 0.05) is 26.2 Å². The fraction of sp³-hybridized carbons (Fsp3) is 0.524. The first-order chi connectivity index (χ1) is 14.0. The Morgan fingerprint density at radius 1 is 1.07 bits per heavy atom. The highest BCUT2D eigenvalue weighted by molar-refractivity contribution is 5.78. The molecule has 1 aliphatic carbocycles. The summed E-state index contributed by atoms with van der Waals surface area (Å²) in [5, 5.41) is 1.83. The normalized spacial score (nSPS) is 19.1.